The van der Waals surface area contributed by atoms with Crippen LogP contribution in [0.3, 0.4) is 0 Å². The monoisotopic (exact) mass is 250 g/mol. The lowest BCUT2D eigenvalue weighted by atomic mass is 10.2. The Labute approximate surface area is 106 Å². The van der Waals surface area contributed by atoms with Crippen molar-refractivity contribution >= 4 is 11.6 Å². The molecule has 1 aromatic carbocycles. The number of hydrogen-bond donors (Lipinski definition) is 1. The molecule has 98 valence electrons. The lowest BCUT2D eigenvalue weighted by Crippen LogP contribution is -2.48. The van der Waals surface area contributed by atoms with Crippen LogP contribution in [0.5, 0.6) is 5.75 Å². The highest BCUT2D eigenvalue weighted by Crippen LogP contribution is 2.14. The Kier molecular flexibility index (Phi) is 4.04. The maximum absolute atomic E-state index is 12.0. The van der Waals surface area contributed by atoms with Gasteiger partial charge in [0.1, 0.15) is 5.75 Å². The van der Waals surface area contributed by atoms with Crippen molar-refractivity contribution in [2.45, 2.75) is 13.0 Å². The summed E-state index contributed by atoms with van der Waals surface area (Å²) in [6, 6.07) is 7.12. The molecule has 5 heteroatoms. The molecule has 0 spiro atoms. The summed E-state index contributed by atoms with van der Waals surface area (Å²) >= 11 is 0. The smallest absolute Gasteiger partial charge is 0.260 e. The summed E-state index contributed by atoms with van der Waals surface area (Å²) < 4.78 is 10.7. The van der Waals surface area contributed by atoms with E-state index >= 15 is 0 Å². The zero-order valence-electron chi connectivity index (χ0n) is 10.5. The number of carbonyl (C=O) groups excluding carboxylic acids is 1. The van der Waals surface area contributed by atoms with Gasteiger partial charge in [-0.25, -0.2) is 0 Å². The number of morpholine rings is 1. The van der Waals surface area contributed by atoms with Crippen LogP contribution in [-0.4, -0.2) is 43.2 Å². The van der Waals surface area contributed by atoms with Crippen LogP contribution in [0, 0.1) is 0 Å². The molecule has 0 bridgehead atoms. The predicted octanol–water partition coefficient (Wildman–Crippen LogP) is 0.895. The second-order valence-corrected chi connectivity index (χ2v) is 4.37. The van der Waals surface area contributed by atoms with Gasteiger partial charge in [0.15, 0.2) is 6.61 Å². The number of nitrogens with two attached hydrogens (primary N) is 1. The van der Waals surface area contributed by atoms with Gasteiger partial charge in [0.05, 0.1) is 19.3 Å². The molecule has 1 amide bonds. The first kappa shape index (κ1) is 12.7. The molecule has 2 N–H and O–H groups in total. The Morgan fingerprint density at radius 1 is 1.50 bits per heavy atom. The lowest BCUT2D eigenvalue weighted by Gasteiger charge is -2.33. The second-order valence-electron chi connectivity index (χ2n) is 4.37. The standard InChI is InChI=1S/C13H18N2O3/c1-10-8-17-7-6-15(10)13(16)9-18-12-4-2-11(14)3-5-12/h2-5,10H,6-9,14H2,1H3. The Morgan fingerprint density at radius 3 is 2.89 bits per heavy atom. The van der Waals surface area contributed by atoms with Crippen LogP contribution >= 0.6 is 0 Å². The van der Waals surface area contributed by atoms with E-state index in [1.807, 2.05) is 6.92 Å². The zero-order chi connectivity index (χ0) is 13.0. The number of anilines is 1. The Hall–Kier alpha value is -1.75. The van der Waals surface area contributed by atoms with Crippen LogP contribution < -0.4 is 10.5 Å². The Morgan fingerprint density at radius 2 is 2.22 bits per heavy atom. The SMILES string of the molecule is CC1COCCN1C(=O)COc1ccc(N)cc1. The fourth-order valence-electron chi connectivity index (χ4n) is 1.89. The van der Waals surface area contributed by atoms with E-state index in [0.717, 1.165) is 0 Å². The van der Waals surface area contributed by atoms with E-state index in [1.54, 1.807) is 29.2 Å². The molecule has 0 aliphatic carbocycles. The van der Waals surface area contributed by atoms with Gasteiger partial charge < -0.3 is 20.1 Å². The number of rotatable bonds is 3. The predicted molar refractivity (Wildman–Crippen MR) is 68.3 cm³/mol. The van der Waals surface area contributed by atoms with Gasteiger partial charge in [0.25, 0.3) is 5.91 Å². The minimum Gasteiger partial charge on any atom is -0.484 e. The molecule has 1 aliphatic rings. The first-order chi connectivity index (χ1) is 8.66. The van der Waals surface area contributed by atoms with E-state index in [0.29, 0.717) is 31.2 Å². The normalized spacial score (nSPS) is 19.6. The van der Waals surface area contributed by atoms with Gasteiger partial charge in [-0.15, -0.1) is 0 Å². The number of hydrogen-bond acceptors (Lipinski definition) is 4. The van der Waals surface area contributed by atoms with Crippen molar-refractivity contribution in [3.63, 3.8) is 0 Å². The van der Waals surface area contributed by atoms with Gasteiger partial charge >= 0.3 is 0 Å². The third-order valence-corrected chi connectivity index (χ3v) is 2.93. The Balaban J connectivity index is 1.85. The first-order valence-electron chi connectivity index (χ1n) is 6.02. The molecule has 1 aliphatic heterocycles. The molecule has 1 atom stereocenters. The molecule has 2 rings (SSSR count). The average molecular weight is 250 g/mol. The van der Waals surface area contributed by atoms with Crippen LogP contribution in [0.2, 0.25) is 0 Å². The molecule has 1 saturated heterocycles. The molecule has 0 aromatic heterocycles. The molecule has 1 heterocycles. The Bertz CT molecular complexity index is 405. The van der Waals surface area contributed by atoms with Gasteiger partial charge in [-0.3, -0.25) is 4.79 Å². The number of amides is 1. The van der Waals surface area contributed by atoms with Crippen LogP contribution in [0.15, 0.2) is 24.3 Å². The van der Waals surface area contributed by atoms with Crippen molar-refractivity contribution in [2.75, 3.05) is 32.1 Å². The maximum atomic E-state index is 12.0. The lowest BCUT2D eigenvalue weighted by molar-refractivity contribution is -0.141. The topological polar surface area (TPSA) is 64.8 Å². The van der Waals surface area contributed by atoms with Crippen molar-refractivity contribution in [1.29, 1.82) is 0 Å². The first-order valence-corrected chi connectivity index (χ1v) is 6.02. The van der Waals surface area contributed by atoms with Crippen molar-refractivity contribution in [3.05, 3.63) is 24.3 Å². The third kappa shape index (κ3) is 3.13. The summed E-state index contributed by atoms with van der Waals surface area (Å²) in [7, 11) is 0. The van der Waals surface area contributed by atoms with Gasteiger partial charge in [0, 0.05) is 12.2 Å². The van der Waals surface area contributed by atoms with Crippen molar-refractivity contribution < 1.29 is 14.3 Å². The minimum atomic E-state index is -0.0115. The average Bonchev–Trinajstić information content (AvgIpc) is 2.38. The fraction of sp³-hybridized carbons (Fsp3) is 0.462. The quantitative estimate of drug-likeness (QED) is 0.809. The van der Waals surface area contributed by atoms with Gasteiger partial charge in [-0.1, -0.05) is 0 Å². The maximum Gasteiger partial charge on any atom is 0.260 e. The molecular weight excluding hydrogens is 232 g/mol. The van der Waals surface area contributed by atoms with Crippen LogP contribution in [0.4, 0.5) is 5.69 Å². The van der Waals surface area contributed by atoms with E-state index in [2.05, 4.69) is 0 Å². The highest BCUT2D eigenvalue weighted by Gasteiger charge is 2.23. The van der Waals surface area contributed by atoms with Crippen LogP contribution in [0.25, 0.3) is 0 Å². The summed E-state index contributed by atoms with van der Waals surface area (Å²) in [4.78, 5) is 13.8. The van der Waals surface area contributed by atoms with E-state index in [-0.39, 0.29) is 18.6 Å². The van der Waals surface area contributed by atoms with Crippen molar-refractivity contribution in [3.8, 4) is 5.75 Å². The van der Waals surface area contributed by atoms with Crippen molar-refractivity contribution in [1.82, 2.24) is 4.90 Å². The third-order valence-electron chi connectivity index (χ3n) is 2.93. The molecule has 5 nitrogen and oxygen atoms in total. The molecule has 18 heavy (non-hydrogen) atoms. The molecule has 1 aromatic rings. The summed E-state index contributed by atoms with van der Waals surface area (Å²) in [6.07, 6.45) is 0. The van der Waals surface area contributed by atoms with Gasteiger partial charge in [-0.2, -0.15) is 0 Å². The highest BCUT2D eigenvalue weighted by molar-refractivity contribution is 5.78. The summed E-state index contributed by atoms with van der Waals surface area (Å²) in [5.74, 6) is 0.640. The van der Waals surface area contributed by atoms with Crippen LogP contribution in [-0.2, 0) is 9.53 Å². The number of benzene rings is 1. The van der Waals surface area contributed by atoms with E-state index in [9.17, 15) is 4.79 Å². The van der Waals surface area contributed by atoms with E-state index in [1.165, 1.54) is 0 Å². The molecule has 1 fully saturated rings. The van der Waals surface area contributed by atoms with Gasteiger partial charge in [-0.05, 0) is 31.2 Å². The summed E-state index contributed by atoms with van der Waals surface area (Å²) in [5, 5.41) is 0. The molecule has 0 radical (unpaired) electrons. The number of carbonyl (C=O) groups is 1. The largest absolute Gasteiger partial charge is 0.484 e. The fourth-order valence-corrected chi connectivity index (χ4v) is 1.89. The van der Waals surface area contributed by atoms with Gasteiger partial charge in [0.2, 0.25) is 0 Å². The van der Waals surface area contributed by atoms with Crippen molar-refractivity contribution in [2.24, 2.45) is 0 Å². The van der Waals surface area contributed by atoms with E-state index in [4.69, 9.17) is 15.2 Å². The number of nitrogens with zero attached hydrogens (tertiary/aromatic N) is 1. The minimum absolute atomic E-state index is 0.0115. The molecule has 1 unspecified atom stereocenters. The highest BCUT2D eigenvalue weighted by atomic mass is 16.5. The number of ether oxygens (including phenoxy) is 2. The second kappa shape index (κ2) is 5.73. The molecule has 0 saturated carbocycles. The zero-order valence-corrected chi connectivity index (χ0v) is 10.5. The van der Waals surface area contributed by atoms with Crippen LogP contribution in [0.1, 0.15) is 6.92 Å². The summed E-state index contributed by atoms with van der Waals surface area (Å²) in [5.41, 5.74) is 6.25. The number of nitrogen functional groups attached to an aromatic ring is 1. The summed E-state index contributed by atoms with van der Waals surface area (Å²) in [6.45, 7) is 3.84. The van der Waals surface area contributed by atoms with E-state index < -0.39 is 0 Å². The molecular formula is C13H18N2O3.